The summed E-state index contributed by atoms with van der Waals surface area (Å²) >= 11 is 4.93. The van der Waals surface area contributed by atoms with Crippen molar-refractivity contribution in [2.45, 2.75) is 49.4 Å². The van der Waals surface area contributed by atoms with E-state index in [2.05, 4.69) is 30.8 Å². The number of halogens is 2. The first-order chi connectivity index (χ1) is 27.0. The molecule has 0 radical (unpaired) electrons. The highest BCUT2D eigenvalue weighted by Gasteiger charge is 2.44. The average Bonchev–Trinajstić information content (AvgIpc) is 3.65. The van der Waals surface area contributed by atoms with Gasteiger partial charge in [0.05, 0.1) is 37.0 Å². The Hall–Kier alpha value is -4.62. The molecule has 6 heterocycles. The third-order valence-corrected chi connectivity index (χ3v) is 12.9. The van der Waals surface area contributed by atoms with Crippen LogP contribution in [0.5, 0.6) is 5.75 Å². The van der Waals surface area contributed by atoms with Crippen LogP contribution < -0.4 is 25.7 Å². The number of amides is 1. The number of likely N-dealkylation sites (tertiary alicyclic amines) is 1. The molecular weight excluding hydrogens is 813 g/mol. The molecule has 2 aromatic carbocycles. The SMILES string of the molecule is COc1c(N2C[C@@H]3CCCN(CN4C(=O)/C(=N\c5ccn([C@@H]6CS[C@H](CO)O6)c(=O)n5)c5cc(Br)ccc54)[C@@H]3C2)c(F)cc2c(=O)c(C(=O)O)cn(C3CC3)c12. The number of carboxylic acid groups (broad SMARTS) is 1. The number of aromatic nitrogens is 3. The minimum absolute atomic E-state index is 0.0161. The Kier molecular flexibility index (Phi) is 9.51. The fraction of sp³-hybridized carbons (Fsp3) is 0.421. The van der Waals surface area contributed by atoms with Crippen LogP contribution in [0.3, 0.4) is 0 Å². The van der Waals surface area contributed by atoms with Crippen LogP contribution in [0.1, 0.15) is 53.9 Å². The van der Waals surface area contributed by atoms with Gasteiger partial charge in [0.1, 0.15) is 28.6 Å². The van der Waals surface area contributed by atoms with Crippen molar-refractivity contribution < 1.29 is 33.7 Å². The number of pyridine rings is 1. The number of fused-ring (bicyclic) bond motifs is 3. The Labute approximate surface area is 331 Å². The molecule has 1 amide bonds. The van der Waals surface area contributed by atoms with E-state index in [4.69, 9.17) is 9.47 Å². The highest BCUT2D eigenvalue weighted by Crippen LogP contribution is 2.46. The molecule has 0 unspecified atom stereocenters. The number of ether oxygens (including phenoxy) is 2. The van der Waals surface area contributed by atoms with Crippen LogP contribution in [0.25, 0.3) is 10.9 Å². The number of rotatable bonds is 9. The molecule has 2 N–H and O–H groups in total. The van der Waals surface area contributed by atoms with E-state index >= 15 is 4.39 Å². The van der Waals surface area contributed by atoms with Crippen molar-refractivity contribution in [3.8, 4) is 5.75 Å². The van der Waals surface area contributed by atoms with Gasteiger partial charge in [0.2, 0.25) is 5.43 Å². The lowest BCUT2D eigenvalue weighted by molar-refractivity contribution is -0.112. The zero-order valence-corrected chi connectivity index (χ0v) is 32.5. The molecule has 18 heteroatoms. The van der Waals surface area contributed by atoms with Gasteiger partial charge in [-0.05, 0) is 61.9 Å². The van der Waals surface area contributed by atoms with Crippen LogP contribution in [0.15, 0.2) is 61.8 Å². The molecule has 4 atom stereocenters. The Morgan fingerprint density at radius 2 is 1.96 bits per heavy atom. The fourth-order valence-corrected chi connectivity index (χ4v) is 9.85. The number of aliphatic hydroxyl groups excluding tert-OH is 1. The maximum atomic E-state index is 16.3. The molecule has 15 nitrogen and oxygen atoms in total. The molecule has 9 rings (SSSR count). The molecule has 56 heavy (non-hydrogen) atoms. The predicted molar refractivity (Wildman–Crippen MR) is 210 cm³/mol. The second-order valence-corrected chi connectivity index (χ2v) is 16.8. The monoisotopic (exact) mass is 849 g/mol. The van der Waals surface area contributed by atoms with Crippen LogP contribution >= 0.6 is 27.7 Å². The van der Waals surface area contributed by atoms with E-state index in [1.54, 1.807) is 15.5 Å². The van der Waals surface area contributed by atoms with E-state index in [0.717, 1.165) is 36.2 Å². The number of anilines is 2. The number of piperidine rings is 1. The van der Waals surface area contributed by atoms with Gasteiger partial charge < -0.3 is 29.2 Å². The number of carboxylic acids is 1. The summed E-state index contributed by atoms with van der Waals surface area (Å²) in [6, 6.07) is 8.16. The largest absolute Gasteiger partial charge is 0.492 e. The van der Waals surface area contributed by atoms with Crippen molar-refractivity contribution in [3.05, 3.63) is 84.8 Å². The molecule has 1 saturated carbocycles. The van der Waals surface area contributed by atoms with E-state index in [1.807, 2.05) is 23.1 Å². The first-order valence-electron chi connectivity index (χ1n) is 18.4. The molecule has 4 fully saturated rings. The summed E-state index contributed by atoms with van der Waals surface area (Å²) in [6.07, 6.45) is 5.69. The summed E-state index contributed by atoms with van der Waals surface area (Å²) in [5.41, 5.74) is -0.146. The number of carbonyl (C=O) groups is 2. The Bertz CT molecular complexity index is 2460. The summed E-state index contributed by atoms with van der Waals surface area (Å²) in [5.74, 6) is -1.47. The van der Waals surface area contributed by atoms with E-state index in [9.17, 15) is 29.4 Å². The minimum atomic E-state index is -1.36. The molecule has 292 valence electrons. The van der Waals surface area contributed by atoms with Gasteiger partial charge in [0.25, 0.3) is 5.91 Å². The number of methoxy groups -OCH3 is 1. The van der Waals surface area contributed by atoms with E-state index in [1.165, 1.54) is 35.8 Å². The molecule has 0 bridgehead atoms. The van der Waals surface area contributed by atoms with Gasteiger partial charge in [-0.15, -0.1) is 11.8 Å². The summed E-state index contributed by atoms with van der Waals surface area (Å²) in [5, 5.41) is 19.1. The van der Waals surface area contributed by atoms with E-state index in [0.29, 0.717) is 42.2 Å². The van der Waals surface area contributed by atoms with Crippen molar-refractivity contribution in [1.29, 1.82) is 0 Å². The number of aliphatic hydroxyl groups is 1. The third kappa shape index (κ3) is 6.31. The average molecular weight is 851 g/mol. The van der Waals surface area contributed by atoms with Gasteiger partial charge in [-0.1, -0.05) is 15.9 Å². The number of hydrogen-bond donors (Lipinski definition) is 2. The summed E-state index contributed by atoms with van der Waals surface area (Å²) in [7, 11) is 1.44. The van der Waals surface area contributed by atoms with Crippen molar-refractivity contribution in [2.75, 3.05) is 55.6 Å². The van der Waals surface area contributed by atoms with Crippen molar-refractivity contribution in [2.24, 2.45) is 10.9 Å². The number of nitrogens with zero attached hydrogens (tertiary/aromatic N) is 7. The molecular formula is C38H37BrFN7O8S. The van der Waals surface area contributed by atoms with Crippen LogP contribution in [0.2, 0.25) is 0 Å². The van der Waals surface area contributed by atoms with Gasteiger partial charge in [-0.2, -0.15) is 4.98 Å². The van der Waals surface area contributed by atoms with E-state index < -0.39 is 40.1 Å². The number of hydrogen-bond acceptors (Lipinski definition) is 12. The molecule has 4 aromatic rings. The lowest BCUT2D eigenvalue weighted by Crippen LogP contribution is -2.51. The number of aromatic carboxylic acids is 1. The maximum Gasteiger partial charge on any atom is 0.351 e. The molecule has 0 spiro atoms. The van der Waals surface area contributed by atoms with Crippen molar-refractivity contribution in [1.82, 2.24) is 19.0 Å². The molecule has 5 aliphatic rings. The van der Waals surface area contributed by atoms with E-state index in [-0.39, 0.29) is 65.5 Å². The quantitative estimate of drug-likeness (QED) is 0.248. The molecule has 1 aliphatic carbocycles. The minimum Gasteiger partial charge on any atom is -0.492 e. The Balaban J connectivity index is 1.01. The van der Waals surface area contributed by atoms with Crippen LogP contribution in [-0.4, -0.2) is 104 Å². The first-order valence-corrected chi connectivity index (χ1v) is 20.2. The Morgan fingerprint density at radius 3 is 2.68 bits per heavy atom. The van der Waals surface area contributed by atoms with Crippen molar-refractivity contribution >= 4 is 73.4 Å². The fourth-order valence-electron chi connectivity index (χ4n) is 8.56. The van der Waals surface area contributed by atoms with Crippen LogP contribution in [0, 0.1) is 11.7 Å². The smallest absolute Gasteiger partial charge is 0.351 e. The summed E-state index contributed by atoms with van der Waals surface area (Å²) in [4.78, 5) is 67.1. The second-order valence-electron chi connectivity index (χ2n) is 14.6. The highest BCUT2D eigenvalue weighted by atomic mass is 79.9. The number of benzene rings is 2. The zero-order valence-electron chi connectivity index (χ0n) is 30.1. The normalized spacial score (nSPS) is 24.4. The lowest BCUT2D eigenvalue weighted by Gasteiger charge is -2.39. The van der Waals surface area contributed by atoms with Crippen LogP contribution in [0.4, 0.5) is 21.6 Å². The lowest BCUT2D eigenvalue weighted by atomic mass is 9.92. The van der Waals surface area contributed by atoms with Crippen LogP contribution in [-0.2, 0) is 9.53 Å². The van der Waals surface area contributed by atoms with Gasteiger partial charge in [-0.25, -0.2) is 19.0 Å². The maximum absolute atomic E-state index is 16.3. The predicted octanol–water partition coefficient (Wildman–Crippen LogP) is 4.11. The Morgan fingerprint density at radius 1 is 1.14 bits per heavy atom. The number of aliphatic imine (C=N–C) groups is 1. The standard InChI is InChI=1S/C38H37BrFN7O8S/c1-54-35-32-23(34(49)24(37(51)52)14-46(32)21-5-6-21)12-25(40)33(35)44-13-19-3-2-9-43(27(19)15-44)18-47-26-7-4-20(39)11-22(26)31(36(47)50)41-28-8-10-45(38(53)42-28)29-17-56-30(16-48)55-29/h4,7-8,10-12,14,19,21,27,29-30,48H,2-3,5-6,9,13,15-18H2,1H3,(H,51,52)/b41-31-/t19-,27+,29-,30+/m0/s1. The van der Waals surface area contributed by atoms with Crippen molar-refractivity contribution in [3.63, 3.8) is 0 Å². The highest BCUT2D eigenvalue weighted by molar-refractivity contribution is 9.10. The third-order valence-electron chi connectivity index (χ3n) is 11.3. The second kappa shape index (κ2) is 14.4. The topological polar surface area (TPSA) is 172 Å². The van der Waals surface area contributed by atoms with Gasteiger partial charge in [0, 0.05) is 59.9 Å². The molecule has 2 aromatic heterocycles. The summed E-state index contributed by atoms with van der Waals surface area (Å²) < 4.78 is 31.7. The summed E-state index contributed by atoms with van der Waals surface area (Å²) in [6.45, 7) is 1.73. The number of thioether (sulfide) groups is 1. The van der Waals surface area contributed by atoms with Gasteiger partial charge in [-0.3, -0.25) is 24.0 Å². The first kappa shape index (κ1) is 37.0. The van der Waals surface area contributed by atoms with Gasteiger partial charge >= 0.3 is 11.7 Å². The van der Waals surface area contributed by atoms with Gasteiger partial charge in [0.15, 0.2) is 17.4 Å². The molecule has 3 saturated heterocycles. The zero-order chi connectivity index (χ0) is 39.0. The molecule has 4 aliphatic heterocycles. The number of carbonyl (C=O) groups excluding carboxylic acids is 1.